The average Bonchev–Trinajstić information content (AvgIpc) is 2.95. The average molecular weight is 352 g/mol. The Kier molecular flexibility index (Phi) is 5.19. The fourth-order valence-corrected chi connectivity index (χ4v) is 2.20. The molecule has 0 saturated carbocycles. The molecule has 0 saturated heterocycles. The van der Waals surface area contributed by atoms with Crippen molar-refractivity contribution in [2.45, 2.75) is 32.9 Å². The van der Waals surface area contributed by atoms with Crippen molar-refractivity contribution in [3.05, 3.63) is 52.9 Å². The van der Waals surface area contributed by atoms with Gasteiger partial charge in [-0.15, -0.1) is 0 Å². The summed E-state index contributed by atoms with van der Waals surface area (Å²) in [4.78, 5) is 25.3. The minimum Gasteiger partial charge on any atom is -0.478 e. The Hall–Kier alpha value is -2.47. The zero-order valence-electron chi connectivity index (χ0n) is 13.6. The molecule has 0 radical (unpaired) electrons. The second kappa shape index (κ2) is 6.97. The normalized spacial score (nSPS) is 11.2. The maximum absolute atomic E-state index is 12.6. The summed E-state index contributed by atoms with van der Waals surface area (Å²) in [6.07, 6.45) is 0.780. The summed E-state index contributed by atoms with van der Waals surface area (Å²) in [5.41, 5.74) is -0.655. The SMILES string of the molecule is CC(C)(C)OC(=O)N(Cc1ccco1)c1cc(Cl)ccc1C(=O)O. The van der Waals surface area contributed by atoms with E-state index < -0.39 is 17.7 Å². The first-order chi connectivity index (χ1) is 11.2. The van der Waals surface area contributed by atoms with Gasteiger partial charge in [0, 0.05) is 5.02 Å². The second-order valence-electron chi connectivity index (χ2n) is 6.11. The summed E-state index contributed by atoms with van der Waals surface area (Å²) in [7, 11) is 0. The van der Waals surface area contributed by atoms with E-state index in [2.05, 4.69) is 0 Å². The quantitative estimate of drug-likeness (QED) is 0.872. The standard InChI is InChI=1S/C17H18ClNO5/c1-17(2,3)24-16(22)19(10-12-5-4-8-23-12)14-9-11(18)6-7-13(14)15(20)21/h4-9H,10H2,1-3H3,(H,20,21). The number of rotatable bonds is 4. The number of aromatic carboxylic acids is 1. The smallest absolute Gasteiger partial charge is 0.415 e. The molecule has 1 amide bonds. The Morgan fingerprint density at radius 2 is 2.00 bits per heavy atom. The van der Waals surface area contributed by atoms with E-state index in [1.807, 2.05) is 0 Å². The molecular weight excluding hydrogens is 334 g/mol. The highest BCUT2D eigenvalue weighted by Crippen LogP contribution is 2.28. The molecule has 1 heterocycles. The molecule has 7 heteroatoms. The van der Waals surface area contributed by atoms with Crippen molar-refractivity contribution in [2.24, 2.45) is 0 Å². The van der Waals surface area contributed by atoms with Crippen LogP contribution in [0.1, 0.15) is 36.9 Å². The number of anilines is 1. The third-order valence-corrected chi connectivity index (χ3v) is 3.22. The van der Waals surface area contributed by atoms with Crippen molar-refractivity contribution in [3.63, 3.8) is 0 Å². The molecule has 0 fully saturated rings. The van der Waals surface area contributed by atoms with Gasteiger partial charge in [-0.3, -0.25) is 4.90 Å². The summed E-state index contributed by atoms with van der Waals surface area (Å²) in [6, 6.07) is 7.58. The van der Waals surface area contributed by atoms with E-state index in [9.17, 15) is 14.7 Å². The lowest BCUT2D eigenvalue weighted by atomic mass is 10.1. The van der Waals surface area contributed by atoms with Gasteiger partial charge in [0.15, 0.2) is 0 Å². The molecule has 1 aromatic heterocycles. The molecule has 0 bridgehead atoms. The van der Waals surface area contributed by atoms with Crippen molar-refractivity contribution >= 4 is 29.4 Å². The molecular formula is C17H18ClNO5. The van der Waals surface area contributed by atoms with Crippen LogP contribution >= 0.6 is 11.6 Å². The number of nitrogens with zero attached hydrogens (tertiary/aromatic N) is 1. The summed E-state index contributed by atoms with van der Waals surface area (Å²) in [5.74, 6) is -0.688. The van der Waals surface area contributed by atoms with Crippen LogP contribution in [0.5, 0.6) is 0 Å². The molecule has 6 nitrogen and oxygen atoms in total. The highest BCUT2D eigenvalue weighted by Gasteiger charge is 2.27. The maximum Gasteiger partial charge on any atom is 0.415 e. The van der Waals surface area contributed by atoms with E-state index in [0.29, 0.717) is 10.8 Å². The number of hydrogen-bond donors (Lipinski definition) is 1. The van der Waals surface area contributed by atoms with Crippen molar-refractivity contribution < 1.29 is 23.8 Å². The Labute approximate surface area is 144 Å². The fourth-order valence-electron chi connectivity index (χ4n) is 2.03. The van der Waals surface area contributed by atoms with Gasteiger partial charge < -0.3 is 14.3 Å². The van der Waals surface area contributed by atoms with Crippen LogP contribution in [-0.2, 0) is 11.3 Å². The Balaban J connectivity index is 2.47. The first-order valence-electron chi connectivity index (χ1n) is 7.23. The van der Waals surface area contributed by atoms with Gasteiger partial charge in [0.2, 0.25) is 0 Å². The van der Waals surface area contributed by atoms with Crippen molar-refractivity contribution in [3.8, 4) is 0 Å². The zero-order valence-corrected chi connectivity index (χ0v) is 14.3. The Morgan fingerprint density at radius 3 is 2.54 bits per heavy atom. The number of carboxylic acids is 1. The zero-order chi connectivity index (χ0) is 17.9. The van der Waals surface area contributed by atoms with Crippen LogP contribution in [0.4, 0.5) is 10.5 Å². The van der Waals surface area contributed by atoms with Crippen LogP contribution in [0.15, 0.2) is 41.0 Å². The fraction of sp³-hybridized carbons (Fsp3) is 0.294. The summed E-state index contributed by atoms with van der Waals surface area (Å²) in [6.45, 7) is 5.20. The van der Waals surface area contributed by atoms with Crippen LogP contribution in [0.2, 0.25) is 5.02 Å². The molecule has 2 aromatic rings. The predicted octanol–water partition coefficient (Wildman–Crippen LogP) is 4.57. The van der Waals surface area contributed by atoms with Crippen LogP contribution < -0.4 is 4.90 Å². The minimum absolute atomic E-state index is 0.0164. The van der Waals surface area contributed by atoms with Gasteiger partial charge in [0.1, 0.15) is 11.4 Å². The number of ether oxygens (including phenoxy) is 1. The van der Waals surface area contributed by atoms with Crippen LogP contribution in [-0.4, -0.2) is 22.8 Å². The van der Waals surface area contributed by atoms with Crippen molar-refractivity contribution in [1.82, 2.24) is 0 Å². The van der Waals surface area contributed by atoms with Crippen LogP contribution in [0.25, 0.3) is 0 Å². The highest BCUT2D eigenvalue weighted by molar-refractivity contribution is 6.31. The molecule has 24 heavy (non-hydrogen) atoms. The Bertz CT molecular complexity index is 734. The molecule has 1 aromatic carbocycles. The molecule has 2 rings (SSSR count). The number of carbonyl (C=O) groups is 2. The molecule has 128 valence electrons. The number of carbonyl (C=O) groups excluding carboxylic acids is 1. The number of furan rings is 1. The van der Waals surface area contributed by atoms with E-state index >= 15 is 0 Å². The molecule has 1 N–H and O–H groups in total. The molecule has 0 atom stereocenters. The van der Waals surface area contributed by atoms with Crippen LogP contribution in [0.3, 0.4) is 0 Å². The van der Waals surface area contributed by atoms with Gasteiger partial charge in [-0.05, 0) is 51.1 Å². The van der Waals surface area contributed by atoms with E-state index in [1.54, 1.807) is 32.9 Å². The number of hydrogen-bond acceptors (Lipinski definition) is 4. The lowest BCUT2D eigenvalue weighted by molar-refractivity contribution is 0.0575. The predicted molar refractivity (Wildman–Crippen MR) is 89.5 cm³/mol. The van der Waals surface area contributed by atoms with E-state index in [1.165, 1.54) is 29.4 Å². The van der Waals surface area contributed by atoms with E-state index in [-0.39, 0.29) is 17.8 Å². The second-order valence-corrected chi connectivity index (χ2v) is 6.55. The highest BCUT2D eigenvalue weighted by atomic mass is 35.5. The summed E-state index contributed by atoms with van der Waals surface area (Å²) >= 11 is 5.99. The topological polar surface area (TPSA) is 80.0 Å². The summed E-state index contributed by atoms with van der Waals surface area (Å²) < 4.78 is 10.7. The van der Waals surface area contributed by atoms with E-state index in [4.69, 9.17) is 20.8 Å². The molecule has 0 spiro atoms. The van der Waals surface area contributed by atoms with Gasteiger partial charge in [-0.2, -0.15) is 0 Å². The van der Waals surface area contributed by atoms with Gasteiger partial charge in [-0.25, -0.2) is 9.59 Å². The molecule has 0 aliphatic rings. The monoisotopic (exact) mass is 351 g/mol. The van der Waals surface area contributed by atoms with Gasteiger partial charge in [0.25, 0.3) is 0 Å². The van der Waals surface area contributed by atoms with E-state index in [0.717, 1.165) is 0 Å². The van der Waals surface area contributed by atoms with Gasteiger partial charge in [0.05, 0.1) is 24.1 Å². The van der Waals surface area contributed by atoms with Gasteiger partial charge >= 0.3 is 12.1 Å². The molecule has 0 aliphatic heterocycles. The third-order valence-electron chi connectivity index (χ3n) is 2.99. The van der Waals surface area contributed by atoms with Gasteiger partial charge in [-0.1, -0.05) is 11.6 Å². The molecule has 0 unspecified atom stereocenters. The first kappa shape index (κ1) is 17.9. The molecule has 0 aliphatic carbocycles. The van der Waals surface area contributed by atoms with Crippen molar-refractivity contribution in [2.75, 3.05) is 4.90 Å². The maximum atomic E-state index is 12.6. The number of carboxylic acid groups (broad SMARTS) is 1. The number of amides is 1. The number of benzene rings is 1. The summed E-state index contributed by atoms with van der Waals surface area (Å²) in [5, 5.41) is 9.71. The minimum atomic E-state index is -1.17. The first-order valence-corrected chi connectivity index (χ1v) is 7.61. The Morgan fingerprint density at radius 1 is 1.29 bits per heavy atom. The third kappa shape index (κ3) is 4.52. The number of halogens is 1. The lowest BCUT2D eigenvalue weighted by Gasteiger charge is -2.27. The lowest BCUT2D eigenvalue weighted by Crippen LogP contribution is -2.37. The van der Waals surface area contributed by atoms with Crippen molar-refractivity contribution in [1.29, 1.82) is 0 Å². The largest absolute Gasteiger partial charge is 0.478 e. The van der Waals surface area contributed by atoms with Crippen LogP contribution in [0, 0.1) is 0 Å².